The van der Waals surface area contributed by atoms with Crippen LogP contribution < -0.4 is 10.1 Å². The molecule has 5 heteroatoms. The summed E-state index contributed by atoms with van der Waals surface area (Å²) in [6.07, 6.45) is 3.64. The van der Waals surface area contributed by atoms with Crippen LogP contribution in [-0.4, -0.2) is 16.8 Å². The minimum Gasteiger partial charge on any atom is -0.454 e. The van der Waals surface area contributed by atoms with Gasteiger partial charge in [0.2, 0.25) is 0 Å². The zero-order chi connectivity index (χ0) is 14.7. The second-order valence-corrected chi connectivity index (χ2v) is 5.90. The Hall–Kier alpha value is -1.33. The number of nitrogens with zero attached hydrogens (tertiary/aromatic N) is 2. The molecule has 1 unspecified atom stereocenters. The van der Waals surface area contributed by atoms with Gasteiger partial charge < -0.3 is 10.1 Å². The monoisotopic (exact) mass is 337 g/mol. The van der Waals surface area contributed by atoms with Gasteiger partial charge in [-0.05, 0) is 45.5 Å². The number of rotatable bonds is 5. The molecule has 0 spiro atoms. The third kappa shape index (κ3) is 3.41. The van der Waals surface area contributed by atoms with Crippen LogP contribution >= 0.6 is 15.9 Å². The molecule has 1 heterocycles. The van der Waals surface area contributed by atoms with E-state index in [1.54, 1.807) is 6.20 Å². The van der Waals surface area contributed by atoms with Crippen molar-refractivity contribution in [2.75, 3.05) is 7.05 Å². The summed E-state index contributed by atoms with van der Waals surface area (Å²) < 4.78 is 8.74. The van der Waals surface area contributed by atoms with Crippen LogP contribution in [0.2, 0.25) is 0 Å². The first-order valence-corrected chi connectivity index (χ1v) is 7.49. The standard InChI is InChI=1S/C15H20BrN3O/c1-10(2)19-9-13(8-18-19)20-12-5-6-14(11(3)17-4)15(16)7-12/h5-11,17H,1-4H3. The molecular formula is C15H20BrN3O. The number of halogens is 1. The Morgan fingerprint density at radius 1 is 1.25 bits per heavy atom. The van der Waals surface area contributed by atoms with E-state index in [1.807, 2.05) is 30.1 Å². The molecule has 20 heavy (non-hydrogen) atoms. The first-order chi connectivity index (χ1) is 9.51. The molecule has 2 aromatic rings. The van der Waals surface area contributed by atoms with Gasteiger partial charge in [-0.15, -0.1) is 0 Å². The van der Waals surface area contributed by atoms with E-state index in [-0.39, 0.29) is 0 Å². The van der Waals surface area contributed by atoms with Crippen molar-refractivity contribution in [3.05, 3.63) is 40.6 Å². The summed E-state index contributed by atoms with van der Waals surface area (Å²) in [5.74, 6) is 1.55. The maximum atomic E-state index is 5.82. The van der Waals surface area contributed by atoms with Gasteiger partial charge in [-0.3, -0.25) is 4.68 Å². The topological polar surface area (TPSA) is 39.1 Å². The Kier molecular flexibility index (Phi) is 4.83. The normalized spacial score (nSPS) is 12.7. The largest absolute Gasteiger partial charge is 0.454 e. The van der Waals surface area contributed by atoms with E-state index in [2.05, 4.69) is 53.2 Å². The van der Waals surface area contributed by atoms with Crippen LogP contribution in [0.15, 0.2) is 35.1 Å². The lowest BCUT2D eigenvalue weighted by Crippen LogP contribution is -2.12. The Balaban J connectivity index is 2.15. The van der Waals surface area contributed by atoms with E-state index in [9.17, 15) is 0 Å². The number of hydrogen-bond acceptors (Lipinski definition) is 3. The van der Waals surface area contributed by atoms with E-state index in [0.29, 0.717) is 12.1 Å². The van der Waals surface area contributed by atoms with E-state index >= 15 is 0 Å². The van der Waals surface area contributed by atoms with Crippen molar-refractivity contribution in [2.24, 2.45) is 0 Å². The quantitative estimate of drug-likeness (QED) is 0.883. The number of aromatic nitrogens is 2. The Morgan fingerprint density at radius 2 is 2.00 bits per heavy atom. The van der Waals surface area contributed by atoms with E-state index < -0.39 is 0 Å². The van der Waals surface area contributed by atoms with Gasteiger partial charge in [0, 0.05) is 16.6 Å². The van der Waals surface area contributed by atoms with Crippen LogP contribution in [0.3, 0.4) is 0 Å². The van der Waals surface area contributed by atoms with Crippen molar-refractivity contribution in [3.63, 3.8) is 0 Å². The Bertz CT molecular complexity index is 580. The van der Waals surface area contributed by atoms with Crippen LogP contribution in [-0.2, 0) is 0 Å². The summed E-state index contributed by atoms with van der Waals surface area (Å²) in [4.78, 5) is 0. The van der Waals surface area contributed by atoms with Crippen molar-refractivity contribution in [1.29, 1.82) is 0 Å². The maximum absolute atomic E-state index is 5.82. The second kappa shape index (κ2) is 6.41. The predicted octanol–water partition coefficient (Wildman–Crippen LogP) is 4.30. The van der Waals surface area contributed by atoms with Gasteiger partial charge in [0.05, 0.1) is 12.4 Å². The number of hydrogen-bond donors (Lipinski definition) is 1. The van der Waals surface area contributed by atoms with Crippen LogP contribution in [0.25, 0.3) is 0 Å². The van der Waals surface area contributed by atoms with Gasteiger partial charge in [-0.2, -0.15) is 5.10 Å². The molecule has 4 nitrogen and oxygen atoms in total. The second-order valence-electron chi connectivity index (χ2n) is 5.05. The molecule has 1 aromatic heterocycles. The summed E-state index contributed by atoms with van der Waals surface area (Å²) in [6.45, 7) is 6.29. The smallest absolute Gasteiger partial charge is 0.165 e. The highest BCUT2D eigenvalue weighted by atomic mass is 79.9. The van der Waals surface area contributed by atoms with Gasteiger partial charge in [-0.25, -0.2) is 0 Å². The molecule has 0 amide bonds. The van der Waals surface area contributed by atoms with Crippen LogP contribution in [0.5, 0.6) is 11.5 Å². The molecule has 0 aliphatic carbocycles. The summed E-state index contributed by atoms with van der Waals surface area (Å²) in [7, 11) is 1.95. The fourth-order valence-electron chi connectivity index (χ4n) is 1.87. The van der Waals surface area contributed by atoms with Crippen LogP contribution in [0, 0.1) is 0 Å². The molecular weight excluding hydrogens is 318 g/mol. The average molecular weight is 338 g/mol. The molecule has 1 atom stereocenters. The van der Waals surface area contributed by atoms with Gasteiger partial charge in [0.25, 0.3) is 0 Å². The van der Waals surface area contributed by atoms with Crippen LogP contribution in [0.1, 0.15) is 38.4 Å². The molecule has 0 saturated carbocycles. The summed E-state index contributed by atoms with van der Waals surface area (Å²) in [6, 6.07) is 6.64. The van der Waals surface area contributed by atoms with Crippen molar-refractivity contribution in [1.82, 2.24) is 15.1 Å². The molecule has 0 saturated heterocycles. The lowest BCUT2D eigenvalue weighted by atomic mass is 10.1. The lowest BCUT2D eigenvalue weighted by molar-refractivity contribution is 0.476. The zero-order valence-electron chi connectivity index (χ0n) is 12.2. The molecule has 0 bridgehead atoms. The molecule has 0 aliphatic rings. The average Bonchev–Trinajstić information content (AvgIpc) is 2.87. The summed E-state index contributed by atoms with van der Waals surface area (Å²) in [5.41, 5.74) is 1.21. The van der Waals surface area contributed by atoms with Crippen molar-refractivity contribution < 1.29 is 4.74 Å². The molecule has 108 valence electrons. The number of nitrogens with one attached hydrogen (secondary N) is 1. The molecule has 1 N–H and O–H groups in total. The Labute approximate surface area is 128 Å². The number of benzene rings is 1. The van der Waals surface area contributed by atoms with Gasteiger partial charge >= 0.3 is 0 Å². The predicted molar refractivity (Wildman–Crippen MR) is 84.3 cm³/mol. The van der Waals surface area contributed by atoms with Crippen molar-refractivity contribution >= 4 is 15.9 Å². The summed E-state index contributed by atoms with van der Waals surface area (Å²) >= 11 is 3.59. The zero-order valence-corrected chi connectivity index (χ0v) is 13.8. The van der Waals surface area contributed by atoms with Crippen molar-refractivity contribution in [3.8, 4) is 11.5 Å². The first-order valence-electron chi connectivity index (χ1n) is 6.70. The third-order valence-corrected chi connectivity index (χ3v) is 3.90. The summed E-state index contributed by atoms with van der Waals surface area (Å²) in [5, 5.41) is 7.49. The maximum Gasteiger partial charge on any atom is 0.165 e. The van der Waals surface area contributed by atoms with E-state index in [1.165, 1.54) is 5.56 Å². The van der Waals surface area contributed by atoms with Crippen LogP contribution in [0.4, 0.5) is 0 Å². The minimum atomic E-state index is 0.294. The van der Waals surface area contributed by atoms with Gasteiger partial charge in [0.15, 0.2) is 5.75 Å². The highest BCUT2D eigenvalue weighted by Gasteiger charge is 2.09. The van der Waals surface area contributed by atoms with Gasteiger partial charge in [-0.1, -0.05) is 22.0 Å². The fraction of sp³-hybridized carbons (Fsp3) is 0.400. The highest BCUT2D eigenvalue weighted by molar-refractivity contribution is 9.10. The minimum absolute atomic E-state index is 0.294. The number of ether oxygens (including phenoxy) is 1. The van der Waals surface area contributed by atoms with Crippen molar-refractivity contribution in [2.45, 2.75) is 32.9 Å². The fourth-order valence-corrected chi connectivity index (χ4v) is 2.57. The SMILES string of the molecule is CNC(C)c1ccc(Oc2cnn(C(C)C)c2)cc1Br. The molecule has 2 rings (SSSR count). The molecule has 1 aromatic carbocycles. The van der Waals surface area contributed by atoms with E-state index in [4.69, 9.17) is 4.74 Å². The lowest BCUT2D eigenvalue weighted by Gasteiger charge is -2.13. The van der Waals surface area contributed by atoms with Gasteiger partial charge in [0.1, 0.15) is 5.75 Å². The Morgan fingerprint density at radius 3 is 2.55 bits per heavy atom. The highest BCUT2D eigenvalue weighted by Crippen LogP contribution is 2.30. The van der Waals surface area contributed by atoms with E-state index in [0.717, 1.165) is 16.0 Å². The molecule has 0 radical (unpaired) electrons. The molecule has 0 fully saturated rings. The molecule has 0 aliphatic heterocycles. The first kappa shape index (κ1) is 15.1. The third-order valence-electron chi connectivity index (χ3n) is 3.21.